The maximum Gasteiger partial charge on any atom is 0.255 e. The lowest BCUT2D eigenvalue weighted by molar-refractivity contribution is 0.0948. The van der Waals surface area contributed by atoms with Crippen LogP contribution in [0.5, 0.6) is 5.75 Å². The van der Waals surface area contributed by atoms with Gasteiger partial charge in [0.05, 0.1) is 5.56 Å². The molecule has 2 rings (SSSR count). The molecule has 3 N–H and O–H groups in total. The number of nitrogens with two attached hydrogens (primary N) is 1. The molecule has 0 unspecified atom stereocenters. The van der Waals surface area contributed by atoms with Crippen molar-refractivity contribution < 1.29 is 13.9 Å². The fourth-order valence-corrected chi connectivity index (χ4v) is 2.09. The molecule has 0 aromatic heterocycles. The zero-order chi connectivity index (χ0) is 16.5. The molecule has 24 heavy (non-hydrogen) atoms. The first kappa shape index (κ1) is 19.9. The molecule has 0 bridgehead atoms. The van der Waals surface area contributed by atoms with Crippen LogP contribution < -0.4 is 15.8 Å². The van der Waals surface area contributed by atoms with E-state index in [0.717, 1.165) is 18.4 Å². The number of hydrogen-bond donors (Lipinski definition) is 2. The van der Waals surface area contributed by atoms with Gasteiger partial charge in [-0.25, -0.2) is 4.39 Å². The van der Waals surface area contributed by atoms with Crippen molar-refractivity contribution in [2.45, 2.75) is 19.4 Å². The minimum absolute atomic E-state index is 0. The number of unbranched alkanes of at least 4 members (excludes halogenated alkanes) is 1. The van der Waals surface area contributed by atoms with Crippen molar-refractivity contribution in [1.29, 1.82) is 0 Å². The minimum Gasteiger partial charge on any atom is -0.488 e. The Balaban J connectivity index is 0.00000288. The largest absolute Gasteiger partial charge is 0.488 e. The Kier molecular flexibility index (Phi) is 8.83. The Morgan fingerprint density at radius 1 is 1.08 bits per heavy atom. The number of nitrogens with one attached hydrogen (secondary N) is 1. The molecule has 6 heteroatoms. The third-order valence-electron chi connectivity index (χ3n) is 3.36. The number of rotatable bonds is 8. The second-order valence-electron chi connectivity index (χ2n) is 5.16. The van der Waals surface area contributed by atoms with Crippen molar-refractivity contribution in [3.05, 3.63) is 65.5 Å². The van der Waals surface area contributed by atoms with Crippen LogP contribution >= 0.6 is 12.4 Å². The van der Waals surface area contributed by atoms with E-state index in [1.807, 2.05) is 6.07 Å². The Bertz CT molecular complexity index is 635. The zero-order valence-corrected chi connectivity index (χ0v) is 14.2. The molecule has 0 saturated heterocycles. The van der Waals surface area contributed by atoms with Gasteiger partial charge in [0.25, 0.3) is 5.91 Å². The summed E-state index contributed by atoms with van der Waals surface area (Å²) in [5.74, 6) is 0.0517. The molecule has 1 amide bonds. The zero-order valence-electron chi connectivity index (χ0n) is 13.3. The topological polar surface area (TPSA) is 64.3 Å². The van der Waals surface area contributed by atoms with Gasteiger partial charge in [0, 0.05) is 6.54 Å². The van der Waals surface area contributed by atoms with Crippen molar-refractivity contribution in [2.75, 3.05) is 13.1 Å². The number of carbonyl (C=O) groups is 1. The minimum atomic E-state index is -0.286. The lowest BCUT2D eigenvalue weighted by atomic mass is 10.1. The van der Waals surface area contributed by atoms with E-state index >= 15 is 0 Å². The molecule has 0 atom stereocenters. The third-order valence-corrected chi connectivity index (χ3v) is 3.36. The SMILES string of the molecule is Cl.NCCCCNC(=O)c1ccccc1OCc1ccc(F)cc1. The van der Waals surface area contributed by atoms with Crippen LogP contribution in [0.4, 0.5) is 4.39 Å². The number of amides is 1. The molecule has 130 valence electrons. The summed E-state index contributed by atoms with van der Waals surface area (Å²) in [6.07, 6.45) is 1.73. The van der Waals surface area contributed by atoms with Gasteiger partial charge in [-0.3, -0.25) is 4.79 Å². The number of hydrogen-bond acceptors (Lipinski definition) is 3. The van der Waals surface area contributed by atoms with E-state index in [0.29, 0.717) is 24.4 Å². The molecule has 0 saturated carbocycles. The first-order valence-electron chi connectivity index (χ1n) is 7.65. The van der Waals surface area contributed by atoms with Gasteiger partial charge in [-0.15, -0.1) is 12.4 Å². The fourth-order valence-electron chi connectivity index (χ4n) is 2.09. The van der Waals surface area contributed by atoms with Gasteiger partial charge in [0.1, 0.15) is 18.2 Å². The summed E-state index contributed by atoms with van der Waals surface area (Å²) in [6, 6.07) is 13.2. The normalized spacial score (nSPS) is 9.92. The number of ether oxygens (including phenoxy) is 1. The fraction of sp³-hybridized carbons (Fsp3) is 0.278. The van der Waals surface area contributed by atoms with Gasteiger partial charge in [-0.1, -0.05) is 24.3 Å². The third kappa shape index (κ3) is 6.18. The van der Waals surface area contributed by atoms with E-state index in [-0.39, 0.29) is 30.7 Å². The van der Waals surface area contributed by atoms with E-state index in [1.54, 1.807) is 30.3 Å². The summed E-state index contributed by atoms with van der Waals surface area (Å²) < 4.78 is 18.6. The quantitative estimate of drug-likeness (QED) is 0.716. The van der Waals surface area contributed by atoms with Crippen LogP contribution in [-0.2, 0) is 6.61 Å². The molecule has 2 aromatic rings. The standard InChI is InChI=1S/C18H21FN2O2.ClH/c19-15-9-7-14(8-10-15)13-23-17-6-2-1-5-16(17)18(22)21-12-4-3-11-20;/h1-2,5-10H,3-4,11-13,20H2,(H,21,22);1H. The van der Waals surface area contributed by atoms with E-state index in [4.69, 9.17) is 10.5 Å². The van der Waals surface area contributed by atoms with Crippen LogP contribution in [0, 0.1) is 5.82 Å². The van der Waals surface area contributed by atoms with Crippen molar-refractivity contribution in [2.24, 2.45) is 5.73 Å². The summed E-state index contributed by atoms with van der Waals surface area (Å²) in [4.78, 5) is 12.2. The first-order valence-corrected chi connectivity index (χ1v) is 7.65. The van der Waals surface area contributed by atoms with Gasteiger partial charge in [-0.2, -0.15) is 0 Å². The molecular formula is C18H22ClFN2O2. The molecule has 2 aromatic carbocycles. The summed E-state index contributed by atoms with van der Waals surface area (Å²) in [5, 5.41) is 2.86. The smallest absolute Gasteiger partial charge is 0.255 e. The summed E-state index contributed by atoms with van der Waals surface area (Å²) in [6.45, 7) is 1.48. The molecule has 0 aliphatic heterocycles. The van der Waals surface area contributed by atoms with E-state index in [2.05, 4.69) is 5.32 Å². The summed E-state index contributed by atoms with van der Waals surface area (Å²) in [5.41, 5.74) is 6.75. The number of para-hydroxylation sites is 1. The van der Waals surface area contributed by atoms with Crippen LogP contribution in [0.3, 0.4) is 0 Å². The van der Waals surface area contributed by atoms with E-state index in [1.165, 1.54) is 12.1 Å². The lowest BCUT2D eigenvalue weighted by Crippen LogP contribution is -2.25. The number of carbonyl (C=O) groups excluding carboxylic acids is 1. The molecule has 4 nitrogen and oxygen atoms in total. The maximum atomic E-state index is 12.9. The highest BCUT2D eigenvalue weighted by atomic mass is 35.5. The summed E-state index contributed by atoms with van der Waals surface area (Å²) >= 11 is 0. The lowest BCUT2D eigenvalue weighted by Gasteiger charge is -2.12. The predicted molar refractivity (Wildman–Crippen MR) is 95.0 cm³/mol. The van der Waals surface area contributed by atoms with Gasteiger partial charge in [0.15, 0.2) is 0 Å². The molecular weight excluding hydrogens is 331 g/mol. The average molecular weight is 353 g/mol. The Hall–Kier alpha value is -2.11. The number of benzene rings is 2. The van der Waals surface area contributed by atoms with Crippen molar-refractivity contribution in [3.63, 3.8) is 0 Å². The molecule has 0 heterocycles. The van der Waals surface area contributed by atoms with Gasteiger partial charge >= 0.3 is 0 Å². The van der Waals surface area contributed by atoms with Crippen LogP contribution in [0.15, 0.2) is 48.5 Å². The first-order chi connectivity index (χ1) is 11.2. The predicted octanol–water partition coefficient (Wildman–Crippen LogP) is 3.30. The monoisotopic (exact) mass is 352 g/mol. The van der Waals surface area contributed by atoms with Crippen LogP contribution in [0.2, 0.25) is 0 Å². The highest BCUT2D eigenvalue weighted by molar-refractivity contribution is 5.96. The van der Waals surface area contributed by atoms with Crippen LogP contribution in [0.25, 0.3) is 0 Å². The average Bonchev–Trinajstić information content (AvgIpc) is 2.58. The Morgan fingerprint density at radius 3 is 2.50 bits per heavy atom. The molecule has 0 aliphatic carbocycles. The molecule has 0 aliphatic rings. The Labute approximate surface area is 147 Å². The van der Waals surface area contributed by atoms with Gasteiger partial charge in [0.2, 0.25) is 0 Å². The molecule has 0 spiro atoms. The Morgan fingerprint density at radius 2 is 1.79 bits per heavy atom. The van der Waals surface area contributed by atoms with Gasteiger partial charge in [-0.05, 0) is 49.2 Å². The molecule has 0 radical (unpaired) electrons. The second-order valence-corrected chi connectivity index (χ2v) is 5.16. The van der Waals surface area contributed by atoms with E-state index < -0.39 is 0 Å². The second kappa shape index (κ2) is 10.6. The van der Waals surface area contributed by atoms with Crippen LogP contribution in [0.1, 0.15) is 28.8 Å². The maximum absolute atomic E-state index is 12.9. The van der Waals surface area contributed by atoms with Crippen molar-refractivity contribution in [3.8, 4) is 5.75 Å². The highest BCUT2D eigenvalue weighted by Crippen LogP contribution is 2.19. The highest BCUT2D eigenvalue weighted by Gasteiger charge is 2.11. The van der Waals surface area contributed by atoms with Crippen molar-refractivity contribution >= 4 is 18.3 Å². The number of halogens is 2. The van der Waals surface area contributed by atoms with Gasteiger partial charge < -0.3 is 15.8 Å². The molecule has 0 fully saturated rings. The summed E-state index contributed by atoms with van der Waals surface area (Å²) in [7, 11) is 0. The van der Waals surface area contributed by atoms with Crippen molar-refractivity contribution in [1.82, 2.24) is 5.32 Å². The van der Waals surface area contributed by atoms with Crippen LogP contribution in [-0.4, -0.2) is 19.0 Å². The van der Waals surface area contributed by atoms with E-state index in [9.17, 15) is 9.18 Å².